The lowest BCUT2D eigenvalue weighted by atomic mass is 10.00. The molecule has 1 amide bonds. The van der Waals surface area contributed by atoms with Gasteiger partial charge >= 0.3 is 0 Å². The highest BCUT2D eigenvalue weighted by molar-refractivity contribution is 7.89. The van der Waals surface area contributed by atoms with Gasteiger partial charge in [0.2, 0.25) is 15.9 Å². The second kappa shape index (κ2) is 6.35. The first-order chi connectivity index (χ1) is 8.00. The molecule has 0 aromatic heterocycles. The van der Waals surface area contributed by atoms with Crippen LogP contribution in [-0.2, 0) is 14.8 Å². The smallest absolute Gasteiger partial charge is 0.237 e. The van der Waals surface area contributed by atoms with Crippen molar-refractivity contribution in [3.8, 4) is 0 Å². The minimum Gasteiger partial charge on any atom is -0.339 e. The number of carbonyl (C=O) groups excluding carboxylic acids is 1. The topological polar surface area (TPSA) is 66.5 Å². The van der Waals surface area contributed by atoms with Crippen LogP contribution in [0.5, 0.6) is 0 Å². The molecule has 1 aliphatic heterocycles. The normalized spacial score (nSPS) is 21.5. The van der Waals surface area contributed by atoms with E-state index in [0.717, 1.165) is 32.2 Å². The standard InChI is InChI=1S/C11H22N2O3S/c1-3-10-7-5-6-8-13(10)11(14)9-12-17(15,16)4-2/h10,12H,3-9H2,1-2H3. The molecule has 0 aromatic carbocycles. The molecule has 1 atom stereocenters. The second-order valence-electron chi connectivity index (χ2n) is 4.37. The largest absolute Gasteiger partial charge is 0.339 e. The summed E-state index contributed by atoms with van der Waals surface area (Å²) in [5.41, 5.74) is 0. The summed E-state index contributed by atoms with van der Waals surface area (Å²) in [5, 5.41) is 0. The van der Waals surface area contributed by atoms with Crippen LogP contribution in [0.1, 0.15) is 39.5 Å². The van der Waals surface area contributed by atoms with Crippen LogP contribution in [0.3, 0.4) is 0 Å². The maximum absolute atomic E-state index is 11.9. The predicted molar refractivity (Wildman–Crippen MR) is 67.1 cm³/mol. The first-order valence-electron chi connectivity index (χ1n) is 6.27. The van der Waals surface area contributed by atoms with E-state index < -0.39 is 10.0 Å². The lowest BCUT2D eigenvalue weighted by Gasteiger charge is -2.35. The predicted octanol–water partition coefficient (Wildman–Crippen LogP) is 0.717. The highest BCUT2D eigenvalue weighted by atomic mass is 32.2. The van der Waals surface area contributed by atoms with Crippen molar-refractivity contribution < 1.29 is 13.2 Å². The SMILES string of the molecule is CCC1CCCCN1C(=O)CNS(=O)(=O)CC. The molecule has 100 valence electrons. The monoisotopic (exact) mass is 262 g/mol. The number of nitrogens with zero attached hydrogens (tertiary/aromatic N) is 1. The van der Waals surface area contributed by atoms with Crippen molar-refractivity contribution in [2.45, 2.75) is 45.6 Å². The number of rotatable bonds is 5. The Kier molecular flexibility index (Phi) is 5.39. The third kappa shape index (κ3) is 4.27. The van der Waals surface area contributed by atoms with Crippen LogP contribution in [0.4, 0.5) is 0 Å². The number of piperidine rings is 1. The van der Waals surface area contributed by atoms with Crippen LogP contribution in [0.25, 0.3) is 0 Å². The van der Waals surface area contributed by atoms with Crippen molar-refractivity contribution in [3.05, 3.63) is 0 Å². The van der Waals surface area contributed by atoms with E-state index in [2.05, 4.69) is 11.6 Å². The van der Waals surface area contributed by atoms with Crippen LogP contribution < -0.4 is 4.72 Å². The van der Waals surface area contributed by atoms with Crippen molar-refractivity contribution in [3.63, 3.8) is 0 Å². The van der Waals surface area contributed by atoms with E-state index in [1.807, 2.05) is 4.90 Å². The van der Waals surface area contributed by atoms with Gasteiger partial charge in [0.05, 0.1) is 12.3 Å². The van der Waals surface area contributed by atoms with Crippen LogP contribution in [-0.4, -0.2) is 44.1 Å². The Bertz CT molecular complexity index is 354. The minimum absolute atomic E-state index is 0.0114. The lowest BCUT2D eigenvalue weighted by molar-refractivity contribution is -0.133. The molecule has 0 spiro atoms. The fourth-order valence-electron chi connectivity index (χ4n) is 2.13. The van der Waals surface area contributed by atoms with Gasteiger partial charge in [-0.3, -0.25) is 4.79 Å². The number of nitrogens with one attached hydrogen (secondary N) is 1. The summed E-state index contributed by atoms with van der Waals surface area (Å²) in [7, 11) is -3.27. The molecule has 0 aromatic rings. The summed E-state index contributed by atoms with van der Waals surface area (Å²) < 4.78 is 24.8. The molecule has 17 heavy (non-hydrogen) atoms. The van der Waals surface area contributed by atoms with E-state index in [-0.39, 0.29) is 24.2 Å². The second-order valence-corrected chi connectivity index (χ2v) is 6.47. The van der Waals surface area contributed by atoms with E-state index in [0.29, 0.717) is 0 Å². The highest BCUT2D eigenvalue weighted by Crippen LogP contribution is 2.19. The molecule has 6 heteroatoms. The Labute approximate surface area is 104 Å². The van der Waals surface area contributed by atoms with Gasteiger partial charge in [-0.2, -0.15) is 0 Å². The lowest BCUT2D eigenvalue weighted by Crippen LogP contribution is -2.47. The van der Waals surface area contributed by atoms with Crippen LogP contribution in [0.2, 0.25) is 0 Å². The third-order valence-corrected chi connectivity index (χ3v) is 4.59. The molecule has 1 aliphatic rings. The fraction of sp³-hybridized carbons (Fsp3) is 0.909. The Morgan fingerprint density at radius 3 is 2.65 bits per heavy atom. The van der Waals surface area contributed by atoms with Crippen molar-refractivity contribution in [2.75, 3.05) is 18.8 Å². The summed E-state index contributed by atoms with van der Waals surface area (Å²) in [4.78, 5) is 13.8. The van der Waals surface area contributed by atoms with Gasteiger partial charge in [0.15, 0.2) is 0 Å². The number of likely N-dealkylation sites (tertiary alicyclic amines) is 1. The minimum atomic E-state index is -3.27. The zero-order valence-corrected chi connectivity index (χ0v) is 11.4. The Morgan fingerprint density at radius 2 is 2.06 bits per heavy atom. The van der Waals surface area contributed by atoms with Gasteiger partial charge in [0.25, 0.3) is 0 Å². The van der Waals surface area contributed by atoms with Gasteiger partial charge in [-0.1, -0.05) is 6.92 Å². The van der Waals surface area contributed by atoms with Gasteiger partial charge in [-0.25, -0.2) is 13.1 Å². The molecule has 1 N–H and O–H groups in total. The average Bonchev–Trinajstić information content (AvgIpc) is 2.36. The van der Waals surface area contributed by atoms with Gasteiger partial charge in [-0.15, -0.1) is 0 Å². The molecule has 1 saturated heterocycles. The summed E-state index contributed by atoms with van der Waals surface area (Å²) in [6.45, 7) is 4.27. The molecule has 0 aliphatic carbocycles. The zero-order valence-electron chi connectivity index (χ0n) is 10.6. The molecular formula is C11H22N2O3S. The van der Waals surface area contributed by atoms with E-state index in [9.17, 15) is 13.2 Å². The van der Waals surface area contributed by atoms with Crippen LogP contribution in [0.15, 0.2) is 0 Å². The third-order valence-electron chi connectivity index (χ3n) is 3.24. The molecule has 1 heterocycles. The van der Waals surface area contributed by atoms with E-state index in [4.69, 9.17) is 0 Å². The summed E-state index contributed by atoms with van der Waals surface area (Å²) in [6.07, 6.45) is 4.14. The van der Waals surface area contributed by atoms with Gasteiger partial charge in [0.1, 0.15) is 0 Å². The average molecular weight is 262 g/mol. The summed E-state index contributed by atoms with van der Waals surface area (Å²) in [6, 6.07) is 0.280. The number of hydrogen-bond acceptors (Lipinski definition) is 3. The molecule has 1 fully saturated rings. The molecule has 5 nitrogen and oxygen atoms in total. The Hall–Kier alpha value is -0.620. The number of amides is 1. The molecular weight excluding hydrogens is 240 g/mol. The first-order valence-corrected chi connectivity index (χ1v) is 7.92. The number of carbonyl (C=O) groups is 1. The Balaban J connectivity index is 2.51. The highest BCUT2D eigenvalue weighted by Gasteiger charge is 2.25. The molecule has 1 rings (SSSR count). The maximum atomic E-state index is 11.9. The van der Waals surface area contributed by atoms with Gasteiger partial charge < -0.3 is 4.90 Å². The number of sulfonamides is 1. The van der Waals surface area contributed by atoms with E-state index in [1.165, 1.54) is 0 Å². The van der Waals surface area contributed by atoms with Crippen molar-refractivity contribution in [1.82, 2.24) is 9.62 Å². The van der Waals surface area contributed by atoms with E-state index >= 15 is 0 Å². The van der Waals surface area contributed by atoms with Crippen molar-refractivity contribution in [2.24, 2.45) is 0 Å². The fourth-order valence-corrected chi connectivity index (χ4v) is 2.68. The molecule has 0 bridgehead atoms. The maximum Gasteiger partial charge on any atom is 0.237 e. The summed E-state index contributed by atoms with van der Waals surface area (Å²) in [5.74, 6) is -0.0918. The van der Waals surface area contributed by atoms with Crippen LogP contribution in [0, 0.1) is 0 Å². The molecule has 0 saturated carbocycles. The van der Waals surface area contributed by atoms with Crippen molar-refractivity contribution in [1.29, 1.82) is 0 Å². The summed E-state index contributed by atoms with van der Waals surface area (Å²) >= 11 is 0. The molecule has 0 radical (unpaired) electrons. The van der Waals surface area contributed by atoms with Crippen LogP contribution >= 0.6 is 0 Å². The zero-order chi connectivity index (χ0) is 12.9. The number of hydrogen-bond donors (Lipinski definition) is 1. The van der Waals surface area contributed by atoms with Crippen molar-refractivity contribution >= 4 is 15.9 Å². The van der Waals surface area contributed by atoms with Gasteiger partial charge in [-0.05, 0) is 32.6 Å². The van der Waals surface area contributed by atoms with E-state index in [1.54, 1.807) is 6.92 Å². The molecule has 1 unspecified atom stereocenters. The first kappa shape index (κ1) is 14.4. The quantitative estimate of drug-likeness (QED) is 0.794. The van der Waals surface area contributed by atoms with Gasteiger partial charge in [0, 0.05) is 12.6 Å². The Morgan fingerprint density at radius 1 is 1.35 bits per heavy atom.